The van der Waals surface area contributed by atoms with Crippen molar-refractivity contribution < 1.29 is 5.11 Å². The monoisotopic (exact) mass is 225 g/mol. The summed E-state index contributed by atoms with van der Waals surface area (Å²) in [5.74, 6) is 0.565. The third-order valence-electron chi connectivity index (χ3n) is 2.40. The first-order chi connectivity index (χ1) is 7.13. The molecule has 15 heavy (non-hydrogen) atoms. The molecule has 0 fully saturated rings. The Balaban J connectivity index is 2.63. The van der Waals surface area contributed by atoms with Gasteiger partial charge in [0.05, 0.1) is 11.0 Å². The van der Waals surface area contributed by atoms with Crippen molar-refractivity contribution in [1.29, 1.82) is 0 Å². The van der Waals surface area contributed by atoms with Crippen LogP contribution in [-0.2, 0) is 7.05 Å². The number of aryl methyl sites for hydroxylation is 1. The summed E-state index contributed by atoms with van der Waals surface area (Å²) in [6, 6.07) is 5.44. The lowest BCUT2D eigenvalue weighted by atomic mass is 10.3. The average molecular weight is 226 g/mol. The van der Waals surface area contributed by atoms with Crippen LogP contribution in [0.4, 0.5) is 0 Å². The summed E-state index contributed by atoms with van der Waals surface area (Å²) in [5, 5.41) is 10.3. The summed E-state index contributed by atoms with van der Waals surface area (Å²) < 4.78 is 1.82. The van der Waals surface area contributed by atoms with Crippen LogP contribution >= 0.6 is 11.6 Å². The Morgan fingerprint density at radius 1 is 1.60 bits per heavy atom. The molecule has 0 aliphatic carbocycles. The molecule has 2 rings (SSSR count). The van der Waals surface area contributed by atoms with Gasteiger partial charge in [-0.25, -0.2) is 4.98 Å². The largest absolute Gasteiger partial charge is 0.384 e. The van der Waals surface area contributed by atoms with Crippen LogP contribution < -0.4 is 5.73 Å². The molecular formula is C10H12ClN3O. The number of hydrogen-bond acceptors (Lipinski definition) is 3. The molecule has 0 spiro atoms. The maximum atomic E-state index is 9.64. The van der Waals surface area contributed by atoms with Gasteiger partial charge in [0.1, 0.15) is 11.9 Å². The Morgan fingerprint density at radius 3 is 3.00 bits per heavy atom. The van der Waals surface area contributed by atoms with Gasteiger partial charge < -0.3 is 15.4 Å². The second kappa shape index (κ2) is 3.81. The minimum atomic E-state index is -0.735. The molecule has 80 valence electrons. The van der Waals surface area contributed by atoms with E-state index in [1.807, 2.05) is 17.7 Å². The number of imidazole rings is 1. The normalized spacial score (nSPS) is 13.3. The standard InChI is InChI=1S/C10H12ClN3O/c1-14-8-3-2-6(11)4-7(8)13-10(14)9(15)5-12/h2-4,9,15H,5,12H2,1H3. The van der Waals surface area contributed by atoms with Gasteiger partial charge in [0.15, 0.2) is 0 Å². The molecule has 0 aliphatic heterocycles. The van der Waals surface area contributed by atoms with E-state index in [1.54, 1.807) is 12.1 Å². The van der Waals surface area contributed by atoms with E-state index in [2.05, 4.69) is 4.98 Å². The van der Waals surface area contributed by atoms with Crippen molar-refractivity contribution >= 4 is 22.6 Å². The molecule has 0 bridgehead atoms. The molecule has 0 aliphatic rings. The Labute approximate surface area is 92.3 Å². The molecule has 0 saturated carbocycles. The van der Waals surface area contributed by atoms with Crippen LogP contribution in [0.2, 0.25) is 5.02 Å². The maximum Gasteiger partial charge on any atom is 0.139 e. The van der Waals surface area contributed by atoms with E-state index in [0.29, 0.717) is 10.8 Å². The van der Waals surface area contributed by atoms with Crippen LogP contribution in [0.3, 0.4) is 0 Å². The van der Waals surface area contributed by atoms with Gasteiger partial charge in [0.25, 0.3) is 0 Å². The fourth-order valence-electron chi connectivity index (χ4n) is 1.60. The van der Waals surface area contributed by atoms with E-state index in [0.717, 1.165) is 11.0 Å². The lowest BCUT2D eigenvalue weighted by Gasteiger charge is -2.06. The fraction of sp³-hybridized carbons (Fsp3) is 0.300. The number of nitrogens with two attached hydrogens (primary N) is 1. The van der Waals surface area contributed by atoms with Crippen molar-refractivity contribution in [3.8, 4) is 0 Å². The van der Waals surface area contributed by atoms with Crippen LogP contribution in [-0.4, -0.2) is 21.2 Å². The average Bonchev–Trinajstić information content (AvgIpc) is 2.54. The van der Waals surface area contributed by atoms with Gasteiger partial charge in [-0.05, 0) is 18.2 Å². The molecule has 1 unspecified atom stereocenters. The van der Waals surface area contributed by atoms with E-state index in [9.17, 15) is 5.11 Å². The quantitative estimate of drug-likeness (QED) is 0.808. The zero-order valence-electron chi connectivity index (χ0n) is 8.31. The van der Waals surface area contributed by atoms with Crippen molar-refractivity contribution in [2.45, 2.75) is 6.10 Å². The second-order valence-corrected chi connectivity index (χ2v) is 3.85. The number of halogens is 1. The molecule has 2 aromatic rings. The highest BCUT2D eigenvalue weighted by molar-refractivity contribution is 6.31. The molecule has 0 amide bonds. The number of aromatic nitrogens is 2. The zero-order chi connectivity index (χ0) is 11.0. The first kappa shape index (κ1) is 10.4. The number of nitrogens with zero attached hydrogens (tertiary/aromatic N) is 2. The van der Waals surface area contributed by atoms with Crippen LogP contribution in [0.1, 0.15) is 11.9 Å². The second-order valence-electron chi connectivity index (χ2n) is 3.41. The van der Waals surface area contributed by atoms with Crippen LogP contribution in [0.25, 0.3) is 11.0 Å². The van der Waals surface area contributed by atoms with Gasteiger partial charge in [-0.3, -0.25) is 0 Å². The first-order valence-corrected chi connectivity index (χ1v) is 5.01. The highest BCUT2D eigenvalue weighted by atomic mass is 35.5. The topological polar surface area (TPSA) is 64.1 Å². The summed E-state index contributed by atoms with van der Waals surface area (Å²) in [6.07, 6.45) is -0.735. The molecular weight excluding hydrogens is 214 g/mol. The molecule has 1 heterocycles. The summed E-state index contributed by atoms with van der Waals surface area (Å²) in [6.45, 7) is 0.158. The summed E-state index contributed by atoms with van der Waals surface area (Å²) in [4.78, 5) is 4.29. The molecule has 0 saturated heterocycles. The van der Waals surface area contributed by atoms with Crippen molar-refractivity contribution in [3.63, 3.8) is 0 Å². The van der Waals surface area contributed by atoms with E-state index < -0.39 is 6.10 Å². The Kier molecular flexibility index (Phi) is 2.65. The van der Waals surface area contributed by atoms with Crippen molar-refractivity contribution in [3.05, 3.63) is 29.0 Å². The molecule has 3 N–H and O–H groups in total. The third kappa shape index (κ3) is 1.71. The Bertz CT molecular complexity index is 495. The molecule has 1 aromatic carbocycles. The summed E-state index contributed by atoms with van der Waals surface area (Å²) >= 11 is 5.86. The third-order valence-corrected chi connectivity index (χ3v) is 2.63. The van der Waals surface area contributed by atoms with Gasteiger partial charge >= 0.3 is 0 Å². The smallest absolute Gasteiger partial charge is 0.139 e. The van der Waals surface area contributed by atoms with Crippen LogP contribution in [0.15, 0.2) is 18.2 Å². The lowest BCUT2D eigenvalue weighted by molar-refractivity contribution is 0.174. The van der Waals surface area contributed by atoms with Gasteiger partial charge in [0, 0.05) is 18.6 Å². The van der Waals surface area contributed by atoms with Gasteiger partial charge in [-0.2, -0.15) is 0 Å². The predicted octanol–water partition coefficient (Wildman–Crippen LogP) is 1.22. The fourth-order valence-corrected chi connectivity index (χ4v) is 1.76. The highest BCUT2D eigenvalue weighted by Gasteiger charge is 2.14. The van der Waals surface area contributed by atoms with Crippen LogP contribution in [0.5, 0.6) is 0 Å². The van der Waals surface area contributed by atoms with Gasteiger partial charge in [-0.15, -0.1) is 0 Å². The van der Waals surface area contributed by atoms with Crippen molar-refractivity contribution in [2.75, 3.05) is 6.54 Å². The van der Waals surface area contributed by atoms with E-state index >= 15 is 0 Å². The minimum Gasteiger partial charge on any atom is -0.384 e. The minimum absolute atomic E-state index is 0.158. The molecule has 5 heteroatoms. The molecule has 1 atom stereocenters. The number of rotatable bonds is 2. The number of aliphatic hydroxyl groups is 1. The Hall–Kier alpha value is -1.10. The predicted molar refractivity (Wildman–Crippen MR) is 59.7 cm³/mol. The van der Waals surface area contributed by atoms with Crippen LogP contribution in [0, 0.1) is 0 Å². The summed E-state index contributed by atoms with van der Waals surface area (Å²) in [7, 11) is 1.84. The number of aliphatic hydroxyl groups excluding tert-OH is 1. The van der Waals surface area contributed by atoms with E-state index in [4.69, 9.17) is 17.3 Å². The molecule has 0 radical (unpaired) electrons. The van der Waals surface area contributed by atoms with Gasteiger partial charge in [-0.1, -0.05) is 11.6 Å². The number of hydrogen-bond donors (Lipinski definition) is 2. The van der Waals surface area contributed by atoms with Crippen molar-refractivity contribution in [2.24, 2.45) is 12.8 Å². The number of benzene rings is 1. The first-order valence-electron chi connectivity index (χ1n) is 4.63. The number of fused-ring (bicyclic) bond motifs is 1. The zero-order valence-corrected chi connectivity index (χ0v) is 9.07. The Morgan fingerprint density at radius 2 is 2.33 bits per heavy atom. The van der Waals surface area contributed by atoms with Gasteiger partial charge in [0.2, 0.25) is 0 Å². The molecule has 1 aromatic heterocycles. The van der Waals surface area contributed by atoms with E-state index in [1.165, 1.54) is 0 Å². The van der Waals surface area contributed by atoms with E-state index in [-0.39, 0.29) is 6.54 Å². The molecule has 4 nitrogen and oxygen atoms in total. The maximum absolute atomic E-state index is 9.64. The lowest BCUT2D eigenvalue weighted by Crippen LogP contribution is -2.15. The SMILES string of the molecule is Cn1c(C(O)CN)nc2cc(Cl)ccc21. The highest BCUT2D eigenvalue weighted by Crippen LogP contribution is 2.22. The van der Waals surface area contributed by atoms with Crippen molar-refractivity contribution in [1.82, 2.24) is 9.55 Å². The summed E-state index contributed by atoms with van der Waals surface area (Å²) in [5.41, 5.74) is 7.10.